The van der Waals surface area contributed by atoms with Gasteiger partial charge in [0.25, 0.3) is 0 Å². The first-order valence-corrected chi connectivity index (χ1v) is 8.85. The Morgan fingerprint density at radius 1 is 1.09 bits per heavy atom. The summed E-state index contributed by atoms with van der Waals surface area (Å²) in [6, 6.07) is 17.1. The van der Waals surface area contributed by atoms with E-state index >= 15 is 0 Å². The third-order valence-electron chi connectivity index (χ3n) is 4.16. The van der Waals surface area contributed by atoms with Gasteiger partial charge in [0.15, 0.2) is 0 Å². The summed E-state index contributed by atoms with van der Waals surface area (Å²) in [5.74, 6) is 1.76. The van der Waals surface area contributed by atoms with Crippen molar-refractivity contribution in [1.82, 2.24) is 5.32 Å². The summed E-state index contributed by atoms with van der Waals surface area (Å²) in [5.41, 5.74) is 1.34. The first kappa shape index (κ1) is 15.6. The van der Waals surface area contributed by atoms with Gasteiger partial charge in [-0.05, 0) is 78.0 Å². The number of para-hydroxylation sites is 1. The molecule has 116 valence electrons. The molecule has 22 heavy (non-hydrogen) atoms. The van der Waals surface area contributed by atoms with E-state index in [0.717, 1.165) is 22.4 Å². The second kappa shape index (κ2) is 7.80. The van der Waals surface area contributed by atoms with Crippen molar-refractivity contribution in [2.24, 2.45) is 0 Å². The Hall–Kier alpha value is -1.32. The lowest BCUT2D eigenvalue weighted by atomic mass is 9.98. The molecule has 0 spiro atoms. The Morgan fingerprint density at radius 2 is 2.00 bits per heavy atom. The second-order valence-electron chi connectivity index (χ2n) is 5.87. The molecule has 1 aliphatic rings. The molecule has 0 saturated carbocycles. The van der Waals surface area contributed by atoms with E-state index in [1.807, 2.05) is 30.3 Å². The van der Waals surface area contributed by atoms with Gasteiger partial charge in [-0.1, -0.05) is 30.7 Å². The maximum Gasteiger partial charge on any atom is 0.141 e. The van der Waals surface area contributed by atoms with Gasteiger partial charge in [0.1, 0.15) is 11.5 Å². The molecule has 1 unspecified atom stereocenters. The van der Waals surface area contributed by atoms with Crippen molar-refractivity contribution in [3.63, 3.8) is 0 Å². The number of hydrogen-bond acceptors (Lipinski definition) is 2. The molecule has 1 saturated heterocycles. The predicted octanol–water partition coefficient (Wildman–Crippen LogP) is 5.32. The van der Waals surface area contributed by atoms with Crippen LogP contribution in [-0.4, -0.2) is 12.6 Å². The summed E-state index contributed by atoms with van der Waals surface area (Å²) < 4.78 is 6.96. The molecular weight excluding hydrogens is 338 g/mol. The largest absolute Gasteiger partial charge is 0.456 e. The van der Waals surface area contributed by atoms with Gasteiger partial charge in [-0.25, -0.2) is 0 Å². The highest BCUT2D eigenvalue weighted by atomic mass is 79.9. The van der Waals surface area contributed by atoms with Crippen LogP contribution >= 0.6 is 15.9 Å². The summed E-state index contributed by atoms with van der Waals surface area (Å²) in [6.45, 7) is 1.18. The molecule has 3 heteroatoms. The van der Waals surface area contributed by atoms with Gasteiger partial charge in [0, 0.05) is 6.04 Å². The molecule has 0 radical (unpaired) electrons. The Morgan fingerprint density at radius 3 is 2.82 bits per heavy atom. The van der Waals surface area contributed by atoms with E-state index in [9.17, 15) is 0 Å². The molecule has 1 atom stereocenters. The van der Waals surface area contributed by atoms with Crippen LogP contribution in [0.5, 0.6) is 11.5 Å². The zero-order valence-electron chi connectivity index (χ0n) is 12.7. The number of piperidine rings is 1. The number of benzene rings is 2. The number of rotatable bonds is 5. The molecule has 1 N–H and O–H groups in total. The van der Waals surface area contributed by atoms with Crippen LogP contribution in [0.2, 0.25) is 0 Å². The average molecular weight is 360 g/mol. The molecule has 0 bridgehead atoms. The van der Waals surface area contributed by atoms with Crippen molar-refractivity contribution in [2.75, 3.05) is 6.54 Å². The number of ether oxygens (including phenoxy) is 1. The van der Waals surface area contributed by atoms with E-state index in [0.29, 0.717) is 6.04 Å². The first-order valence-electron chi connectivity index (χ1n) is 8.06. The molecule has 1 aliphatic heterocycles. The molecule has 1 fully saturated rings. The lowest BCUT2D eigenvalue weighted by Gasteiger charge is -2.23. The van der Waals surface area contributed by atoms with Gasteiger partial charge < -0.3 is 10.1 Å². The summed E-state index contributed by atoms with van der Waals surface area (Å²) in [6.07, 6.45) is 6.31. The lowest BCUT2D eigenvalue weighted by molar-refractivity contribution is 0.382. The van der Waals surface area contributed by atoms with Gasteiger partial charge in [-0.2, -0.15) is 0 Å². The number of aryl methyl sites for hydroxylation is 1. The van der Waals surface area contributed by atoms with Crippen molar-refractivity contribution in [1.29, 1.82) is 0 Å². The summed E-state index contributed by atoms with van der Waals surface area (Å²) >= 11 is 3.52. The molecular formula is C19H22BrNO. The van der Waals surface area contributed by atoms with Crippen molar-refractivity contribution in [3.8, 4) is 11.5 Å². The smallest absolute Gasteiger partial charge is 0.141 e. The van der Waals surface area contributed by atoms with Crippen LogP contribution in [0.3, 0.4) is 0 Å². The van der Waals surface area contributed by atoms with Gasteiger partial charge in [-0.3, -0.25) is 0 Å². The highest BCUT2D eigenvalue weighted by Crippen LogP contribution is 2.29. The van der Waals surface area contributed by atoms with E-state index in [2.05, 4.69) is 39.4 Å². The van der Waals surface area contributed by atoms with Crippen molar-refractivity contribution < 1.29 is 4.74 Å². The maximum absolute atomic E-state index is 5.98. The fraction of sp³-hybridized carbons (Fsp3) is 0.368. The highest BCUT2D eigenvalue weighted by Gasteiger charge is 2.12. The molecule has 2 aromatic rings. The van der Waals surface area contributed by atoms with E-state index < -0.39 is 0 Å². The van der Waals surface area contributed by atoms with Gasteiger partial charge in [0.2, 0.25) is 0 Å². The fourth-order valence-electron chi connectivity index (χ4n) is 2.93. The monoisotopic (exact) mass is 359 g/mol. The zero-order chi connectivity index (χ0) is 15.2. The summed E-state index contributed by atoms with van der Waals surface area (Å²) in [5, 5.41) is 3.61. The normalized spacial score (nSPS) is 18.1. The Kier molecular flexibility index (Phi) is 5.52. The average Bonchev–Trinajstić information content (AvgIpc) is 2.57. The number of halogens is 1. The van der Waals surface area contributed by atoms with Gasteiger partial charge >= 0.3 is 0 Å². The van der Waals surface area contributed by atoms with Crippen LogP contribution < -0.4 is 10.1 Å². The molecule has 1 heterocycles. The van der Waals surface area contributed by atoms with Crippen LogP contribution in [0.1, 0.15) is 31.2 Å². The number of hydrogen-bond donors (Lipinski definition) is 1. The molecule has 0 aliphatic carbocycles. The number of nitrogens with one attached hydrogen (secondary N) is 1. The lowest BCUT2D eigenvalue weighted by Crippen LogP contribution is -2.34. The fourth-order valence-corrected chi connectivity index (χ4v) is 3.30. The van der Waals surface area contributed by atoms with E-state index in [4.69, 9.17) is 4.74 Å². The summed E-state index contributed by atoms with van der Waals surface area (Å²) in [7, 11) is 0. The van der Waals surface area contributed by atoms with Crippen LogP contribution in [-0.2, 0) is 6.42 Å². The van der Waals surface area contributed by atoms with Crippen molar-refractivity contribution in [2.45, 2.75) is 38.1 Å². The second-order valence-corrected chi connectivity index (χ2v) is 6.72. The van der Waals surface area contributed by atoms with E-state index in [1.165, 1.54) is 37.8 Å². The molecule has 0 amide bonds. The Labute approximate surface area is 141 Å². The van der Waals surface area contributed by atoms with Crippen molar-refractivity contribution in [3.05, 3.63) is 58.6 Å². The highest BCUT2D eigenvalue weighted by molar-refractivity contribution is 9.10. The Balaban J connectivity index is 1.61. The van der Waals surface area contributed by atoms with Crippen LogP contribution in [0.15, 0.2) is 53.0 Å². The third kappa shape index (κ3) is 4.34. The maximum atomic E-state index is 5.98. The predicted molar refractivity (Wildman–Crippen MR) is 94.6 cm³/mol. The third-order valence-corrected chi connectivity index (χ3v) is 4.81. The minimum Gasteiger partial charge on any atom is -0.456 e. The molecule has 2 aromatic carbocycles. The van der Waals surface area contributed by atoms with Crippen LogP contribution in [0.4, 0.5) is 0 Å². The van der Waals surface area contributed by atoms with Gasteiger partial charge in [-0.15, -0.1) is 0 Å². The van der Waals surface area contributed by atoms with E-state index in [-0.39, 0.29) is 0 Å². The minimum atomic E-state index is 0.682. The zero-order valence-corrected chi connectivity index (χ0v) is 14.3. The van der Waals surface area contributed by atoms with E-state index in [1.54, 1.807) is 0 Å². The van der Waals surface area contributed by atoms with Crippen molar-refractivity contribution >= 4 is 15.9 Å². The summed E-state index contributed by atoms with van der Waals surface area (Å²) in [4.78, 5) is 0. The van der Waals surface area contributed by atoms with Crippen LogP contribution in [0.25, 0.3) is 0 Å². The molecule has 2 nitrogen and oxygen atoms in total. The molecule has 3 rings (SSSR count). The van der Waals surface area contributed by atoms with Gasteiger partial charge in [0.05, 0.1) is 4.47 Å². The van der Waals surface area contributed by atoms with Crippen LogP contribution in [0, 0.1) is 0 Å². The minimum absolute atomic E-state index is 0.682. The standard InChI is InChI=1S/C19H22BrNO/c20-18-9-1-2-10-19(18)22-17-8-5-6-15(14-17)11-12-16-7-3-4-13-21-16/h1-2,5-6,8-10,14,16,21H,3-4,7,11-13H2. The quantitative estimate of drug-likeness (QED) is 0.780. The Bertz CT molecular complexity index is 608. The first-order chi connectivity index (χ1) is 10.8. The topological polar surface area (TPSA) is 21.3 Å². The molecule has 0 aromatic heterocycles. The SMILES string of the molecule is Brc1ccccc1Oc1cccc(CCC2CCCCN2)c1.